The molecule has 0 spiro atoms. The van der Waals surface area contributed by atoms with Gasteiger partial charge >= 0.3 is 0 Å². The molecule has 18 heavy (non-hydrogen) atoms. The van der Waals surface area contributed by atoms with E-state index in [2.05, 4.69) is 10.2 Å². The van der Waals surface area contributed by atoms with Gasteiger partial charge in [-0.1, -0.05) is 18.2 Å². The van der Waals surface area contributed by atoms with Gasteiger partial charge in [0.05, 0.1) is 12.6 Å². The molecular formula is C12H18F3NO2. The Morgan fingerprint density at radius 1 is 1.33 bits per heavy atom. The maximum absolute atomic E-state index is 13.1. The first kappa shape index (κ1) is 16.9. The van der Waals surface area contributed by atoms with Gasteiger partial charge in [0, 0.05) is 19.8 Å². The van der Waals surface area contributed by atoms with Gasteiger partial charge in [-0.05, 0) is 12.5 Å². The van der Waals surface area contributed by atoms with Crippen molar-refractivity contribution in [2.24, 2.45) is 0 Å². The number of methoxy groups -OCH3 is 1. The first-order valence-corrected chi connectivity index (χ1v) is 5.35. The Hall–Kier alpha value is -1.11. The number of ether oxygens (including phenoxy) is 1. The quantitative estimate of drug-likeness (QED) is 0.847. The third-order valence-corrected chi connectivity index (χ3v) is 2.01. The van der Waals surface area contributed by atoms with Crippen LogP contribution >= 0.6 is 0 Å². The van der Waals surface area contributed by atoms with Crippen LogP contribution in [0.25, 0.3) is 0 Å². The highest BCUT2D eigenvalue weighted by atomic mass is 19.3. The summed E-state index contributed by atoms with van der Waals surface area (Å²) < 4.78 is 36.6. The Morgan fingerprint density at radius 2 is 1.89 bits per heavy atom. The summed E-state index contributed by atoms with van der Waals surface area (Å²) >= 11 is 0. The Morgan fingerprint density at radius 3 is 2.33 bits per heavy atom. The van der Waals surface area contributed by atoms with Gasteiger partial charge < -0.3 is 9.57 Å². The Labute approximate surface area is 105 Å². The van der Waals surface area contributed by atoms with E-state index in [9.17, 15) is 13.2 Å². The molecule has 2 rings (SSSR count). The maximum Gasteiger partial charge on any atom is 0.229 e. The number of halogens is 3. The lowest BCUT2D eigenvalue weighted by molar-refractivity contribution is 0.0877. The molecular weight excluding hydrogens is 247 g/mol. The largest absolute Gasteiger partial charge is 0.388 e. The van der Waals surface area contributed by atoms with Gasteiger partial charge in [0.15, 0.2) is 0 Å². The van der Waals surface area contributed by atoms with Crippen molar-refractivity contribution in [1.82, 2.24) is 5.48 Å². The van der Waals surface area contributed by atoms with Crippen LogP contribution in [0.2, 0.25) is 0 Å². The molecule has 1 fully saturated rings. The van der Waals surface area contributed by atoms with Gasteiger partial charge in [-0.2, -0.15) is 5.48 Å². The maximum atomic E-state index is 13.1. The summed E-state index contributed by atoms with van der Waals surface area (Å²) in [5.41, 5.74) is 3.46. The van der Waals surface area contributed by atoms with Gasteiger partial charge in [0.2, 0.25) is 6.93 Å². The molecule has 0 bridgehead atoms. The number of alkyl halides is 2. The Kier molecular flexibility index (Phi) is 10.3. The molecule has 1 heterocycles. The zero-order valence-corrected chi connectivity index (χ0v) is 10.5. The second-order valence-corrected chi connectivity index (χ2v) is 3.34. The van der Waals surface area contributed by atoms with Crippen molar-refractivity contribution in [2.75, 3.05) is 27.8 Å². The third kappa shape index (κ3) is 6.58. The van der Waals surface area contributed by atoms with Crippen LogP contribution in [0.1, 0.15) is 18.0 Å². The van der Waals surface area contributed by atoms with Crippen molar-refractivity contribution in [2.45, 2.75) is 12.5 Å². The SMILES string of the molecule is COC.FCF.Fc1ccccc1C1CCON1. The van der Waals surface area contributed by atoms with Crippen LogP contribution in [0.15, 0.2) is 24.3 Å². The number of hydrogen-bond acceptors (Lipinski definition) is 3. The molecule has 0 aliphatic carbocycles. The highest BCUT2D eigenvalue weighted by Crippen LogP contribution is 2.22. The molecule has 1 aromatic rings. The summed E-state index contributed by atoms with van der Waals surface area (Å²) in [6.07, 6.45) is 0.834. The average Bonchev–Trinajstić information content (AvgIpc) is 2.85. The van der Waals surface area contributed by atoms with E-state index >= 15 is 0 Å². The fourth-order valence-electron chi connectivity index (χ4n) is 1.37. The van der Waals surface area contributed by atoms with Crippen molar-refractivity contribution in [3.63, 3.8) is 0 Å². The van der Waals surface area contributed by atoms with Gasteiger partial charge in [-0.15, -0.1) is 0 Å². The van der Waals surface area contributed by atoms with Gasteiger partial charge in [0.1, 0.15) is 5.82 Å². The normalized spacial score (nSPS) is 17.3. The minimum absolute atomic E-state index is 0.0196. The lowest BCUT2D eigenvalue weighted by Crippen LogP contribution is -2.12. The molecule has 6 heteroatoms. The highest BCUT2D eigenvalue weighted by molar-refractivity contribution is 5.21. The molecule has 1 unspecified atom stereocenters. The van der Waals surface area contributed by atoms with E-state index in [-0.39, 0.29) is 11.9 Å². The molecule has 1 atom stereocenters. The topological polar surface area (TPSA) is 30.5 Å². The van der Waals surface area contributed by atoms with E-state index in [1.54, 1.807) is 26.4 Å². The van der Waals surface area contributed by atoms with E-state index in [1.165, 1.54) is 6.07 Å². The number of nitrogens with one attached hydrogen (secondary N) is 1. The molecule has 3 nitrogen and oxygen atoms in total. The number of benzene rings is 1. The van der Waals surface area contributed by atoms with E-state index in [0.29, 0.717) is 12.2 Å². The molecule has 104 valence electrons. The van der Waals surface area contributed by atoms with Crippen LogP contribution in [-0.4, -0.2) is 27.8 Å². The second kappa shape index (κ2) is 11.0. The van der Waals surface area contributed by atoms with Crippen molar-refractivity contribution in [3.8, 4) is 0 Å². The van der Waals surface area contributed by atoms with Crippen molar-refractivity contribution in [3.05, 3.63) is 35.6 Å². The van der Waals surface area contributed by atoms with Crippen LogP contribution in [0.3, 0.4) is 0 Å². The van der Waals surface area contributed by atoms with Crippen molar-refractivity contribution >= 4 is 0 Å². The smallest absolute Gasteiger partial charge is 0.229 e. The minimum atomic E-state index is -1.75. The number of hydroxylamine groups is 1. The van der Waals surface area contributed by atoms with Crippen molar-refractivity contribution in [1.29, 1.82) is 0 Å². The lowest BCUT2D eigenvalue weighted by atomic mass is 10.1. The van der Waals surface area contributed by atoms with Gasteiger partial charge in [0.25, 0.3) is 0 Å². The summed E-state index contributed by atoms with van der Waals surface area (Å²) in [6, 6.07) is 6.79. The monoisotopic (exact) mass is 265 g/mol. The number of hydrogen-bond donors (Lipinski definition) is 1. The van der Waals surface area contributed by atoms with Crippen LogP contribution in [-0.2, 0) is 9.57 Å². The highest BCUT2D eigenvalue weighted by Gasteiger charge is 2.19. The van der Waals surface area contributed by atoms with E-state index < -0.39 is 6.93 Å². The predicted molar refractivity (Wildman–Crippen MR) is 62.9 cm³/mol. The van der Waals surface area contributed by atoms with Crippen LogP contribution < -0.4 is 5.48 Å². The molecule has 0 radical (unpaired) electrons. The first-order chi connectivity index (χ1) is 8.71. The van der Waals surface area contributed by atoms with E-state index in [1.807, 2.05) is 6.07 Å². The molecule has 0 saturated carbocycles. The summed E-state index contributed by atoms with van der Waals surface area (Å²) in [5, 5.41) is 0. The van der Waals surface area contributed by atoms with Crippen LogP contribution in [0, 0.1) is 5.82 Å². The van der Waals surface area contributed by atoms with Crippen LogP contribution in [0.5, 0.6) is 0 Å². The predicted octanol–water partition coefficient (Wildman–Crippen LogP) is 2.94. The fourth-order valence-corrected chi connectivity index (χ4v) is 1.37. The first-order valence-electron chi connectivity index (χ1n) is 5.35. The Balaban J connectivity index is 0.000000414. The molecule has 0 aromatic heterocycles. The zero-order valence-electron chi connectivity index (χ0n) is 10.5. The molecule has 1 saturated heterocycles. The summed E-state index contributed by atoms with van der Waals surface area (Å²) in [5.74, 6) is -0.166. The summed E-state index contributed by atoms with van der Waals surface area (Å²) in [4.78, 5) is 4.95. The second-order valence-electron chi connectivity index (χ2n) is 3.34. The lowest BCUT2D eigenvalue weighted by Gasteiger charge is -2.08. The minimum Gasteiger partial charge on any atom is -0.388 e. The van der Waals surface area contributed by atoms with Gasteiger partial charge in [-0.25, -0.2) is 13.2 Å². The molecule has 0 amide bonds. The van der Waals surface area contributed by atoms with Gasteiger partial charge in [-0.3, -0.25) is 0 Å². The number of rotatable bonds is 1. The summed E-state index contributed by atoms with van der Waals surface area (Å²) in [6.45, 7) is -1.10. The summed E-state index contributed by atoms with van der Waals surface area (Å²) in [7, 11) is 3.25. The molecule has 1 aliphatic heterocycles. The van der Waals surface area contributed by atoms with E-state index in [4.69, 9.17) is 4.84 Å². The molecule has 1 aromatic carbocycles. The molecule has 1 N–H and O–H groups in total. The average molecular weight is 265 g/mol. The Bertz CT molecular complexity index is 305. The molecule has 1 aliphatic rings. The van der Waals surface area contributed by atoms with Crippen LogP contribution in [0.4, 0.5) is 13.2 Å². The zero-order chi connectivity index (χ0) is 13.8. The van der Waals surface area contributed by atoms with E-state index in [0.717, 1.165) is 6.42 Å². The third-order valence-electron chi connectivity index (χ3n) is 2.01. The standard InChI is InChI=1S/C9H10FNO.C2H6O.CH2F2/c10-8-4-2-1-3-7(8)9-5-6-12-11-9;1-3-2;2-1-3/h1-4,9,11H,5-6H2;1-2H3;1H2. The fraction of sp³-hybridized carbons (Fsp3) is 0.500. The van der Waals surface area contributed by atoms with Crippen molar-refractivity contribution < 1.29 is 22.7 Å².